The van der Waals surface area contributed by atoms with Crippen LogP contribution in [0.2, 0.25) is 0 Å². The fourth-order valence-corrected chi connectivity index (χ4v) is 5.58. The predicted molar refractivity (Wildman–Crippen MR) is 147 cm³/mol. The Hall–Kier alpha value is -3.47. The zero-order valence-corrected chi connectivity index (χ0v) is 20.8. The first-order valence-electron chi connectivity index (χ1n) is 11.5. The van der Waals surface area contributed by atoms with Crippen molar-refractivity contribution in [1.82, 2.24) is 4.98 Å². The van der Waals surface area contributed by atoms with Gasteiger partial charge in [-0.2, -0.15) is 0 Å². The van der Waals surface area contributed by atoms with Gasteiger partial charge in [0.25, 0.3) is 0 Å². The zero-order valence-electron chi connectivity index (χ0n) is 19.1. The molecular weight excluding hydrogens is 466 g/mol. The fourth-order valence-electron chi connectivity index (χ4n) is 4.12. The highest BCUT2D eigenvalue weighted by Crippen LogP contribution is 2.51. The van der Waals surface area contributed by atoms with E-state index in [4.69, 9.17) is 9.72 Å². The maximum Gasteiger partial charge on any atom is 0.119 e. The molecule has 0 aliphatic heterocycles. The molecule has 0 spiro atoms. The number of aromatic nitrogens is 1. The molecule has 0 N–H and O–H groups in total. The molecule has 2 nitrogen and oxygen atoms in total. The van der Waals surface area contributed by atoms with E-state index in [1.807, 2.05) is 30.5 Å². The van der Waals surface area contributed by atoms with Crippen LogP contribution < -0.4 is 4.74 Å². The van der Waals surface area contributed by atoms with Crippen LogP contribution in [0.5, 0.6) is 5.75 Å². The van der Waals surface area contributed by atoms with Crippen LogP contribution >= 0.6 is 24.4 Å². The van der Waals surface area contributed by atoms with Crippen molar-refractivity contribution >= 4 is 24.4 Å². The SMILES string of the molecule is Sc1ccc(OCc2ccc(SC(c3ccccc3)(c3ccccc3)c3ccccc3)nc2)cc1. The van der Waals surface area contributed by atoms with Gasteiger partial charge in [0.15, 0.2) is 0 Å². The summed E-state index contributed by atoms with van der Waals surface area (Å²) in [5, 5.41) is 0.949. The van der Waals surface area contributed by atoms with E-state index in [9.17, 15) is 0 Å². The molecule has 0 atom stereocenters. The van der Waals surface area contributed by atoms with Crippen molar-refractivity contribution < 1.29 is 4.74 Å². The Kier molecular flexibility index (Phi) is 7.22. The third kappa shape index (κ3) is 5.29. The lowest BCUT2D eigenvalue weighted by Gasteiger charge is -2.35. The van der Waals surface area contributed by atoms with Gasteiger partial charge >= 0.3 is 0 Å². The average Bonchev–Trinajstić information content (AvgIpc) is 2.93. The molecule has 1 aromatic heterocycles. The van der Waals surface area contributed by atoms with Crippen LogP contribution in [0.15, 0.2) is 144 Å². The van der Waals surface area contributed by atoms with Gasteiger partial charge in [-0.05, 0) is 47.0 Å². The smallest absolute Gasteiger partial charge is 0.119 e. The highest BCUT2D eigenvalue weighted by atomic mass is 32.2. The molecule has 1 heterocycles. The minimum Gasteiger partial charge on any atom is -0.489 e. The van der Waals surface area contributed by atoms with Crippen molar-refractivity contribution in [3.8, 4) is 5.75 Å². The van der Waals surface area contributed by atoms with E-state index < -0.39 is 4.75 Å². The summed E-state index contributed by atoms with van der Waals surface area (Å²) in [5.41, 5.74) is 4.66. The summed E-state index contributed by atoms with van der Waals surface area (Å²) in [6, 6.07) is 43.9. The molecule has 4 aromatic carbocycles. The summed E-state index contributed by atoms with van der Waals surface area (Å²) >= 11 is 6.09. The molecule has 5 aromatic rings. The monoisotopic (exact) mass is 491 g/mol. The lowest BCUT2D eigenvalue weighted by Crippen LogP contribution is -2.25. The van der Waals surface area contributed by atoms with Crippen molar-refractivity contribution in [2.75, 3.05) is 0 Å². The number of rotatable bonds is 8. The molecule has 0 saturated heterocycles. The van der Waals surface area contributed by atoms with E-state index in [0.717, 1.165) is 21.2 Å². The van der Waals surface area contributed by atoms with Gasteiger partial charge in [0.2, 0.25) is 0 Å². The van der Waals surface area contributed by atoms with Crippen molar-refractivity contribution in [2.24, 2.45) is 0 Å². The lowest BCUT2D eigenvalue weighted by atomic mass is 9.84. The van der Waals surface area contributed by atoms with Gasteiger partial charge in [-0.3, -0.25) is 0 Å². The van der Waals surface area contributed by atoms with E-state index in [1.165, 1.54) is 16.7 Å². The molecule has 0 unspecified atom stereocenters. The number of ether oxygens (including phenoxy) is 1. The maximum atomic E-state index is 5.92. The van der Waals surface area contributed by atoms with E-state index in [-0.39, 0.29) is 0 Å². The molecule has 0 fully saturated rings. The number of nitrogens with zero attached hydrogens (tertiary/aromatic N) is 1. The summed E-state index contributed by atoms with van der Waals surface area (Å²) in [5.74, 6) is 0.817. The third-order valence-electron chi connectivity index (χ3n) is 5.84. The Balaban J connectivity index is 1.49. The number of benzene rings is 4. The Morgan fingerprint density at radius 3 is 1.60 bits per heavy atom. The lowest BCUT2D eigenvalue weighted by molar-refractivity contribution is 0.305. The molecular formula is C31H25NOS2. The second-order valence-corrected chi connectivity index (χ2v) is 9.92. The number of pyridine rings is 1. The van der Waals surface area contributed by atoms with Crippen LogP contribution in [0.1, 0.15) is 22.3 Å². The van der Waals surface area contributed by atoms with Gasteiger partial charge in [0.05, 0.1) is 9.77 Å². The third-order valence-corrected chi connectivity index (χ3v) is 7.60. The standard InChI is InChI=1S/C31H25NOS2/c34-29-19-17-28(18-20-29)33-23-24-16-21-30(32-22-24)35-31(25-10-4-1-5-11-25,26-12-6-2-7-13-26)27-14-8-3-9-15-27/h1-22,34H,23H2. The largest absolute Gasteiger partial charge is 0.489 e. The normalized spacial score (nSPS) is 11.2. The number of hydrogen-bond acceptors (Lipinski definition) is 4. The first-order chi connectivity index (χ1) is 17.2. The topological polar surface area (TPSA) is 22.1 Å². The Morgan fingerprint density at radius 1 is 0.629 bits per heavy atom. The van der Waals surface area contributed by atoms with Gasteiger partial charge in [-0.25, -0.2) is 4.98 Å². The highest BCUT2D eigenvalue weighted by molar-refractivity contribution is 8.00. The van der Waals surface area contributed by atoms with Crippen LogP contribution in [-0.4, -0.2) is 4.98 Å². The van der Waals surface area contributed by atoms with E-state index >= 15 is 0 Å². The molecule has 0 aliphatic carbocycles. The number of thioether (sulfide) groups is 1. The summed E-state index contributed by atoms with van der Waals surface area (Å²) in [4.78, 5) is 5.75. The first-order valence-corrected chi connectivity index (χ1v) is 12.7. The molecule has 0 bridgehead atoms. The molecule has 5 rings (SSSR count). The zero-order chi connectivity index (χ0) is 23.9. The van der Waals surface area contributed by atoms with Crippen LogP contribution in [0.25, 0.3) is 0 Å². The van der Waals surface area contributed by atoms with Crippen LogP contribution in [0.3, 0.4) is 0 Å². The highest BCUT2D eigenvalue weighted by Gasteiger charge is 2.38. The summed E-state index contributed by atoms with van der Waals surface area (Å²) in [6.45, 7) is 0.463. The van der Waals surface area contributed by atoms with E-state index in [2.05, 4.69) is 116 Å². The molecule has 0 amide bonds. The van der Waals surface area contributed by atoms with Gasteiger partial charge < -0.3 is 4.74 Å². The average molecular weight is 492 g/mol. The molecule has 35 heavy (non-hydrogen) atoms. The van der Waals surface area contributed by atoms with Crippen molar-refractivity contribution in [3.63, 3.8) is 0 Å². The minimum absolute atomic E-state index is 0.441. The molecule has 0 radical (unpaired) electrons. The Bertz CT molecular complexity index is 1240. The maximum absolute atomic E-state index is 5.92. The summed E-state index contributed by atoms with van der Waals surface area (Å²) < 4.78 is 5.47. The first kappa shape index (κ1) is 23.3. The van der Waals surface area contributed by atoms with Gasteiger partial charge in [-0.1, -0.05) is 109 Å². The second-order valence-electron chi connectivity index (χ2n) is 8.17. The van der Waals surface area contributed by atoms with E-state index in [0.29, 0.717) is 6.61 Å². The van der Waals surface area contributed by atoms with Crippen LogP contribution in [-0.2, 0) is 11.4 Å². The molecule has 0 saturated carbocycles. The van der Waals surface area contributed by atoms with Crippen molar-refractivity contribution in [3.05, 3.63) is 156 Å². The molecule has 4 heteroatoms. The van der Waals surface area contributed by atoms with Crippen molar-refractivity contribution in [2.45, 2.75) is 21.3 Å². The van der Waals surface area contributed by atoms with Gasteiger partial charge in [0, 0.05) is 16.7 Å². The van der Waals surface area contributed by atoms with Crippen LogP contribution in [0.4, 0.5) is 0 Å². The summed E-state index contributed by atoms with van der Waals surface area (Å²) in [7, 11) is 0. The summed E-state index contributed by atoms with van der Waals surface area (Å²) in [6.07, 6.45) is 1.90. The quantitative estimate of drug-likeness (QED) is 0.135. The van der Waals surface area contributed by atoms with E-state index in [1.54, 1.807) is 11.8 Å². The Labute approximate surface area is 216 Å². The fraction of sp³-hybridized carbons (Fsp3) is 0.0645. The van der Waals surface area contributed by atoms with Crippen LogP contribution in [0, 0.1) is 0 Å². The predicted octanol–water partition coefficient (Wildman–Crippen LogP) is 8.03. The number of hydrogen-bond donors (Lipinski definition) is 1. The number of thiol groups is 1. The Morgan fingerprint density at radius 2 is 1.14 bits per heavy atom. The van der Waals surface area contributed by atoms with Crippen molar-refractivity contribution in [1.29, 1.82) is 0 Å². The second kappa shape index (κ2) is 10.9. The molecule has 0 aliphatic rings. The molecule has 172 valence electrons. The van der Waals surface area contributed by atoms with Gasteiger partial charge in [-0.15, -0.1) is 12.6 Å². The minimum atomic E-state index is -0.441. The van der Waals surface area contributed by atoms with Gasteiger partial charge in [0.1, 0.15) is 12.4 Å².